The summed E-state index contributed by atoms with van der Waals surface area (Å²) in [5.74, 6) is -1.25. The minimum atomic E-state index is -0.573. The van der Waals surface area contributed by atoms with Crippen LogP contribution < -0.4 is 21.5 Å². The Bertz CT molecular complexity index is 662. The van der Waals surface area contributed by atoms with E-state index in [1.807, 2.05) is 25.3 Å². The Morgan fingerprint density at radius 3 is 2.27 bits per heavy atom. The summed E-state index contributed by atoms with van der Waals surface area (Å²) >= 11 is 2.54. The number of esters is 2. The highest BCUT2D eigenvalue weighted by Crippen LogP contribution is 2.31. The lowest BCUT2D eigenvalue weighted by Gasteiger charge is -2.08. The zero-order chi connectivity index (χ0) is 18.8. The lowest BCUT2D eigenvalue weighted by atomic mass is 10.2. The third kappa shape index (κ3) is 7.92. The average molecular weight is 464 g/mol. The molecule has 6 nitrogen and oxygen atoms in total. The van der Waals surface area contributed by atoms with Gasteiger partial charge in [-0.2, -0.15) is 4.57 Å². The summed E-state index contributed by atoms with van der Waals surface area (Å²) in [4.78, 5) is 35.8. The Labute approximate surface area is 172 Å². The van der Waals surface area contributed by atoms with Gasteiger partial charge in [0.05, 0.1) is 19.5 Å². The smallest absolute Gasteiger partial charge is 0.316 e. The number of ether oxygens (including phenoxy) is 2. The van der Waals surface area contributed by atoms with Crippen molar-refractivity contribution in [2.75, 3.05) is 25.7 Å². The number of ketones is 1. The summed E-state index contributed by atoms with van der Waals surface area (Å²) in [6, 6.07) is 3.72. The molecule has 0 aliphatic carbocycles. The van der Waals surface area contributed by atoms with Gasteiger partial charge >= 0.3 is 11.9 Å². The number of aryl methyl sites for hydroxylation is 1. The van der Waals surface area contributed by atoms with Crippen LogP contribution in [0.4, 0.5) is 0 Å². The van der Waals surface area contributed by atoms with E-state index in [0.717, 1.165) is 5.56 Å². The molecule has 0 saturated heterocycles. The number of nitrogens with zero attached hydrogens (tertiary/aromatic N) is 1. The van der Waals surface area contributed by atoms with E-state index in [4.69, 9.17) is 4.74 Å². The minimum Gasteiger partial charge on any atom is -1.00 e. The first kappa shape index (κ1) is 24.7. The van der Waals surface area contributed by atoms with Gasteiger partial charge in [-0.1, -0.05) is 0 Å². The quantitative estimate of drug-likeness (QED) is 0.205. The van der Waals surface area contributed by atoms with Crippen molar-refractivity contribution < 1.29 is 45.4 Å². The van der Waals surface area contributed by atoms with Crippen molar-refractivity contribution in [3.63, 3.8) is 0 Å². The first-order chi connectivity index (χ1) is 11.9. The van der Waals surface area contributed by atoms with Crippen molar-refractivity contribution in [2.24, 2.45) is 0 Å². The Kier molecular flexibility index (Phi) is 12.3. The molecule has 0 saturated carbocycles. The number of Topliss-reactive ketones (excluding diaryl/α,β-unsaturated/α-hetero) is 1. The average Bonchev–Trinajstić information content (AvgIpc) is 2.59. The molecule has 1 heterocycles. The predicted molar refractivity (Wildman–Crippen MR) is 98.8 cm³/mol. The van der Waals surface area contributed by atoms with E-state index in [9.17, 15) is 14.4 Å². The molecule has 0 atom stereocenters. The highest BCUT2D eigenvalue weighted by molar-refractivity contribution is 8.22. The van der Waals surface area contributed by atoms with E-state index in [-0.39, 0.29) is 47.5 Å². The Balaban J connectivity index is 0.00000625. The summed E-state index contributed by atoms with van der Waals surface area (Å²) in [6.45, 7) is 3.85. The molecule has 0 radical (unpaired) electrons. The van der Waals surface area contributed by atoms with E-state index < -0.39 is 5.97 Å². The summed E-state index contributed by atoms with van der Waals surface area (Å²) in [5.41, 5.74) is 1.39. The SMILES string of the molecule is CCOC(=O)CC(=O)/C(=C(\SC)SCC(=O)OC)[n+]1ccc(C)cc1.[Br-]. The van der Waals surface area contributed by atoms with E-state index in [1.165, 1.54) is 30.6 Å². The van der Waals surface area contributed by atoms with Crippen LogP contribution in [-0.4, -0.2) is 43.4 Å². The van der Waals surface area contributed by atoms with E-state index in [1.54, 1.807) is 23.9 Å². The van der Waals surface area contributed by atoms with Crippen LogP contribution in [0.15, 0.2) is 28.8 Å². The van der Waals surface area contributed by atoms with Crippen molar-refractivity contribution in [3.05, 3.63) is 34.3 Å². The van der Waals surface area contributed by atoms with Crippen LogP contribution in [0.3, 0.4) is 0 Å². The van der Waals surface area contributed by atoms with Crippen LogP contribution >= 0.6 is 23.5 Å². The molecule has 1 aromatic heterocycles. The molecule has 0 N–H and O–H groups in total. The molecule has 0 unspecified atom stereocenters. The number of allylic oxidation sites excluding steroid dienone is 1. The number of hydrogen-bond acceptors (Lipinski definition) is 7. The molecular weight excluding hydrogens is 442 g/mol. The van der Waals surface area contributed by atoms with Crippen LogP contribution in [-0.2, 0) is 23.9 Å². The van der Waals surface area contributed by atoms with Crippen LogP contribution in [0.1, 0.15) is 18.9 Å². The minimum absolute atomic E-state index is 0. The summed E-state index contributed by atoms with van der Waals surface area (Å²) in [6.07, 6.45) is 4.96. The number of halogens is 1. The third-order valence-corrected chi connectivity index (χ3v) is 5.31. The van der Waals surface area contributed by atoms with Gasteiger partial charge in [0.15, 0.2) is 12.4 Å². The highest BCUT2D eigenvalue weighted by atomic mass is 79.9. The van der Waals surface area contributed by atoms with Gasteiger partial charge in [-0.15, -0.1) is 23.5 Å². The molecule has 0 fully saturated rings. The van der Waals surface area contributed by atoms with Gasteiger partial charge in [0, 0.05) is 12.1 Å². The van der Waals surface area contributed by atoms with E-state index >= 15 is 0 Å². The monoisotopic (exact) mass is 463 g/mol. The molecule has 26 heavy (non-hydrogen) atoms. The second kappa shape index (κ2) is 12.9. The van der Waals surface area contributed by atoms with Gasteiger partial charge in [-0.3, -0.25) is 14.4 Å². The molecule has 0 aliphatic heterocycles. The summed E-state index contributed by atoms with van der Waals surface area (Å²) < 4.78 is 11.8. The van der Waals surface area contributed by atoms with Gasteiger partial charge in [0.2, 0.25) is 5.78 Å². The van der Waals surface area contributed by atoms with Crippen LogP contribution in [0.2, 0.25) is 0 Å². The number of hydrogen-bond donors (Lipinski definition) is 0. The second-order valence-corrected chi connectivity index (χ2v) is 6.95. The first-order valence-corrected chi connectivity index (χ1v) is 9.78. The van der Waals surface area contributed by atoms with E-state index in [2.05, 4.69) is 4.74 Å². The number of carbonyl (C=O) groups is 3. The Hall–Kier alpha value is -1.32. The molecule has 1 rings (SSSR count). The topological polar surface area (TPSA) is 73.5 Å². The maximum Gasteiger partial charge on any atom is 0.316 e. The Morgan fingerprint density at radius 1 is 1.15 bits per heavy atom. The van der Waals surface area contributed by atoms with Crippen molar-refractivity contribution in [2.45, 2.75) is 20.3 Å². The number of carbonyl (C=O) groups excluding carboxylic acids is 3. The van der Waals surface area contributed by atoms with Gasteiger partial charge < -0.3 is 26.5 Å². The fourth-order valence-electron chi connectivity index (χ4n) is 1.85. The number of pyridine rings is 1. The van der Waals surface area contributed by atoms with Gasteiger partial charge in [0.1, 0.15) is 10.7 Å². The molecule has 0 amide bonds. The number of thioether (sulfide) groups is 2. The molecular formula is C17H22BrNO5S2. The number of aromatic nitrogens is 1. The zero-order valence-electron chi connectivity index (χ0n) is 15.1. The maximum absolute atomic E-state index is 12.7. The molecule has 0 bridgehead atoms. The highest BCUT2D eigenvalue weighted by Gasteiger charge is 2.28. The van der Waals surface area contributed by atoms with Crippen molar-refractivity contribution in [3.8, 4) is 0 Å². The fraction of sp³-hybridized carbons (Fsp3) is 0.412. The maximum atomic E-state index is 12.7. The van der Waals surface area contributed by atoms with Crippen molar-refractivity contribution in [1.82, 2.24) is 0 Å². The lowest BCUT2D eigenvalue weighted by molar-refractivity contribution is -0.577. The number of rotatable bonds is 9. The van der Waals surface area contributed by atoms with Crippen molar-refractivity contribution >= 4 is 46.9 Å². The van der Waals surface area contributed by atoms with E-state index in [0.29, 0.717) is 9.93 Å². The summed E-state index contributed by atoms with van der Waals surface area (Å²) in [5, 5.41) is 0. The fourth-order valence-corrected chi connectivity index (χ4v) is 3.63. The largest absolute Gasteiger partial charge is 1.00 e. The van der Waals surface area contributed by atoms with Gasteiger partial charge in [-0.05, 0) is 25.7 Å². The van der Waals surface area contributed by atoms with Crippen LogP contribution in [0, 0.1) is 6.92 Å². The molecule has 0 aliphatic rings. The number of methoxy groups -OCH3 is 1. The third-order valence-electron chi connectivity index (χ3n) is 3.06. The normalized spacial score (nSPS) is 11.1. The standard InChI is InChI=1S/C17H22NO5S2.BrH/c1-5-23-14(20)10-13(19)16(18-8-6-12(2)7-9-18)17(24-4)25-11-15(21)22-3;/h6-9H,5,10-11H2,1-4H3;1H/q+1;/p-1/b17-16-;. The molecule has 9 heteroatoms. The van der Waals surface area contributed by atoms with Gasteiger partial charge in [-0.25, -0.2) is 0 Å². The van der Waals surface area contributed by atoms with Gasteiger partial charge in [0.25, 0.3) is 5.70 Å². The van der Waals surface area contributed by atoms with Crippen molar-refractivity contribution in [1.29, 1.82) is 0 Å². The summed E-state index contributed by atoms with van der Waals surface area (Å²) in [7, 11) is 1.31. The predicted octanol–water partition coefficient (Wildman–Crippen LogP) is -0.796. The van der Waals surface area contributed by atoms with Crippen LogP contribution in [0.5, 0.6) is 0 Å². The second-order valence-electron chi connectivity index (χ2n) is 4.89. The molecule has 1 aromatic rings. The zero-order valence-corrected chi connectivity index (χ0v) is 18.3. The lowest BCUT2D eigenvalue weighted by Crippen LogP contribution is -3.00. The molecule has 0 aromatic carbocycles. The van der Waals surface area contributed by atoms with Crippen LogP contribution in [0.25, 0.3) is 5.70 Å². The molecule has 0 spiro atoms. The Morgan fingerprint density at radius 2 is 1.77 bits per heavy atom. The first-order valence-electron chi connectivity index (χ1n) is 7.57. The molecule has 144 valence electrons.